The summed E-state index contributed by atoms with van der Waals surface area (Å²) in [6.07, 6.45) is 7.09. The number of aromatic nitrogens is 2. The second kappa shape index (κ2) is 4.92. The molecule has 0 atom stereocenters. The molecule has 0 saturated heterocycles. The van der Waals surface area contributed by atoms with Crippen LogP contribution in [-0.2, 0) is 10.0 Å². The van der Waals surface area contributed by atoms with Crippen molar-refractivity contribution in [2.24, 2.45) is 0 Å². The average Bonchev–Trinajstić information content (AvgIpc) is 2.65. The summed E-state index contributed by atoms with van der Waals surface area (Å²) in [7, 11) is -3.38. The van der Waals surface area contributed by atoms with Gasteiger partial charge in [0.1, 0.15) is 4.90 Å². The van der Waals surface area contributed by atoms with Crippen LogP contribution in [0.15, 0.2) is 29.4 Å². The molecule has 1 aromatic rings. The third-order valence-electron chi connectivity index (χ3n) is 1.62. The Morgan fingerprint density at radius 2 is 2.43 bits per heavy atom. The molecule has 0 fully saturated rings. The van der Waals surface area contributed by atoms with Crippen molar-refractivity contribution in [1.29, 1.82) is 0 Å². The quantitative estimate of drug-likeness (QED) is 0.559. The highest BCUT2D eigenvalue weighted by atomic mass is 32.2. The lowest BCUT2D eigenvalue weighted by atomic mass is 10.4. The van der Waals surface area contributed by atoms with E-state index in [1.807, 2.05) is 19.1 Å². The molecule has 0 bridgehead atoms. The van der Waals surface area contributed by atoms with Crippen LogP contribution in [0.4, 0.5) is 0 Å². The van der Waals surface area contributed by atoms with Crippen LogP contribution in [0, 0.1) is 0 Å². The van der Waals surface area contributed by atoms with Crippen molar-refractivity contribution >= 4 is 10.0 Å². The summed E-state index contributed by atoms with van der Waals surface area (Å²) in [6, 6.07) is 0. The largest absolute Gasteiger partial charge is 0.284 e. The van der Waals surface area contributed by atoms with Crippen molar-refractivity contribution in [2.75, 3.05) is 6.54 Å². The second-order valence-corrected chi connectivity index (χ2v) is 4.46. The predicted octanol–water partition coefficient (Wildman–Crippen LogP) is 0.654. The van der Waals surface area contributed by atoms with Crippen molar-refractivity contribution in [2.45, 2.75) is 18.2 Å². The van der Waals surface area contributed by atoms with Gasteiger partial charge in [0, 0.05) is 12.7 Å². The minimum Gasteiger partial charge on any atom is -0.284 e. The molecular weight excluding hydrogens is 202 g/mol. The molecule has 1 rings (SSSR count). The maximum absolute atomic E-state index is 11.5. The molecule has 0 aliphatic rings. The molecule has 0 saturated carbocycles. The number of nitrogens with one attached hydrogen (secondary N) is 2. The highest BCUT2D eigenvalue weighted by molar-refractivity contribution is 7.89. The molecule has 5 nitrogen and oxygen atoms in total. The van der Waals surface area contributed by atoms with E-state index < -0.39 is 10.0 Å². The molecule has 1 heterocycles. The van der Waals surface area contributed by atoms with Crippen molar-refractivity contribution in [3.63, 3.8) is 0 Å². The first-order valence-corrected chi connectivity index (χ1v) is 5.75. The van der Waals surface area contributed by atoms with Gasteiger partial charge in [0.25, 0.3) is 0 Å². The van der Waals surface area contributed by atoms with E-state index in [9.17, 15) is 8.42 Å². The van der Waals surface area contributed by atoms with Crippen LogP contribution in [-0.4, -0.2) is 25.2 Å². The van der Waals surface area contributed by atoms with Crippen LogP contribution >= 0.6 is 0 Å². The lowest BCUT2D eigenvalue weighted by molar-refractivity contribution is 0.582. The molecule has 0 aliphatic heterocycles. The zero-order valence-corrected chi connectivity index (χ0v) is 8.71. The van der Waals surface area contributed by atoms with Crippen LogP contribution in [0.5, 0.6) is 0 Å². The Kier molecular flexibility index (Phi) is 3.84. The van der Waals surface area contributed by atoms with Crippen LogP contribution in [0.1, 0.15) is 13.3 Å². The second-order valence-electron chi connectivity index (χ2n) is 2.69. The van der Waals surface area contributed by atoms with E-state index in [4.69, 9.17) is 0 Å². The summed E-state index contributed by atoms with van der Waals surface area (Å²) in [4.78, 5) is 0.165. The molecule has 0 aliphatic carbocycles. The lowest BCUT2D eigenvalue weighted by Gasteiger charge is -2.01. The summed E-state index contributed by atoms with van der Waals surface area (Å²) >= 11 is 0. The third-order valence-corrected chi connectivity index (χ3v) is 3.05. The SMILES string of the molecule is C/C=C/CCNS(=O)(=O)c1cn[nH]c1. The van der Waals surface area contributed by atoms with Crippen LogP contribution in [0.2, 0.25) is 0 Å². The van der Waals surface area contributed by atoms with Gasteiger partial charge in [0.2, 0.25) is 10.0 Å². The lowest BCUT2D eigenvalue weighted by Crippen LogP contribution is -2.24. The normalized spacial score (nSPS) is 12.4. The summed E-state index contributed by atoms with van der Waals surface area (Å²) in [6.45, 7) is 2.29. The Morgan fingerprint density at radius 3 is 3.00 bits per heavy atom. The highest BCUT2D eigenvalue weighted by Crippen LogP contribution is 2.03. The fourth-order valence-electron chi connectivity index (χ4n) is 0.913. The Labute approximate surface area is 83.3 Å². The molecule has 0 radical (unpaired) electrons. The smallest absolute Gasteiger partial charge is 0.243 e. The predicted molar refractivity (Wildman–Crippen MR) is 53.2 cm³/mol. The van der Waals surface area contributed by atoms with E-state index in [2.05, 4.69) is 14.9 Å². The Morgan fingerprint density at radius 1 is 1.64 bits per heavy atom. The van der Waals surface area contributed by atoms with E-state index in [1.54, 1.807) is 0 Å². The standard InChI is InChI=1S/C8H13N3O2S/c1-2-3-4-5-11-14(12,13)8-6-9-10-7-8/h2-3,6-7,11H,4-5H2,1H3,(H,9,10)/b3-2+. The summed E-state index contributed by atoms with van der Waals surface area (Å²) in [5.74, 6) is 0. The molecular formula is C8H13N3O2S. The van der Waals surface area contributed by atoms with E-state index in [0.29, 0.717) is 13.0 Å². The first kappa shape index (κ1) is 10.9. The highest BCUT2D eigenvalue weighted by Gasteiger charge is 2.13. The van der Waals surface area contributed by atoms with Gasteiger partial charge in [-0.15, -0.1) is 0 Å². The minimum atomic E-state index is -3.38. The van der Waals surface area contributed by atoms with Gasteiger partial charge in [-0.2, -0.15) is 5.10 Å². The summed E-state index contributed by atoms with van der Waals surface area (Å²) < 4.78 is 25.4. The van der Waals surface area contributed by atoms with Gasteiger partial charge < -0.3 is 0 Å². The molecule has 0 spiro atoms. The van der Waals surface area contributed by atoms with Gasteiger partial charge in [0.05, 0.1) is 6.20 Å². The van der Waals surface area contributed by atoms with E-state index in [0.717, 1.165) is 0 Å². The maximum Gasteiger partial charge on any atom is 0.243 e. The average molecular weight is 215 g/mol. The van der Waals surface area contributed by atoms with E-state index in [-0.39, 0.29) is 4.90 Å². The molecule has 78 valence electrons. The molecule has 0 amide bonds. The first-order chi connectivity index (χ1) is 6.67. The molecule has 14 heavy (non-hydrogen) atoms. The van der Waals surface area contributed by atoms with Crippen LogP contribution < -0.4 is 4.72 Å². The number of hydrogen-bond acceptors (Lipinski definition) is 3. The zero-order valence-electron chi connectivity index (χ0n) is 7.90. The first-order valence-electron chi connectivity index (χ1n) is 4.26. The number of H-pyrrole nitrogens is 1. The maximum atomic E-state index is 11.5. The Balaban J connectivity index is 2.52. The van der Waals surface area contributed by atoms with Crippen LogP contribution in [0.3, 0.4) is 0 Å². The fraction of sp³-hybridized carbons (Fsp3) is 0.375. The molecule has 0 aromatic carbocycles. The molecule has 1 aromatic heterocycles. The minimum absolute atomic E-state index is 0.165. The number of sulfonamides is 1. The van der Waals surface area contributed by atoms with Gasteiger partial charge in [-0.05, 0) is 13.3 Å². The van der Waals surface area contributed by atoms with Crippen molar-refractivity contribution in [3.05, 3.63) is 24.5 Å². The van der Waals surface area contributed by atoms with Crippen molar-refractivity contribution in [1.82, 2.24) is 14.9 Å². The molecule has 2 N–H and O–H groups in total. The topological polar surface area (TPSA) is 74.8 Å². The van der Waals surface area contributed by atoms with Gasteiger partial charge in [0.15, 0.2) is 0 Å². The van der Waals surface area contributed by atoms with Gasteiger partial charge in [-0.1, -0.05) is 12.2 Å². The van der Waals surface area contributed by atoms with Gasteiger partial charge in [-0.3, -0.25) is 5.10 Å². The van der Waals surface area contributed by atoms with Gasteiger partial charge in [-0.25, -0.2) is 13.1 Å². The van der Waals surface area contributed by atoms with Gasteiger partial charge >= 0.3 is 0 Å². The Bertz CT molecular complexity index is 381. The number of aromatic amines is 1. The monoisotopic (exact) mass is 215 g/mol. The number of allylic oxidation sites excluding steroid dienone is 1. The van der Waals surface area contributed by atoms with E-state index in [1.165, 1.54) is 12.4 Å². The molecule has 6 heteroatoms. The number of nitrogens with zero attached hydrogens (tertiary/aromatic N) is 1. The van der Waals surface area contributed by atoms with Crippen molar-refractivity contribution < 1.29 is 8.42 Å². The van der Waals surface area contributed by atoms with E-state index >= 15 is 0 Å². The Hall–Kier alpha value is -1.14. The summed E-state index contributed by atoms with van der Waals surface area (Å²) in [5, 5.41) is 6.03. The van der Waals surface area contributed by atoms with Crippen LogP contribution in [0.25, 0.3) is 0 Å². The molecule has 0 unspecified atom stereocenters. The van der Waals surface area contributed by atoms with Crippen molar-refractivity contribution in [3.8, 4) is 0 Å². The number of hydrogen-bond donors (Lipinski definition) is 2. The third kappa shape index (κ3) is 2.97. The summed E-state index contributed by atoms with van der Waals surface area (Å²) in [5.41, 5.74) is 0. The fourth-order valence-corrected chi connectivity index (χ4v) is 1.87. The zero-order chi connectivity index (χ0) is 10.4. The number of rotatable bonds is 5.